The summed E-state index contributed by atoms with van der Waals surface area (Å²) >= 11 is 0. The van der Waals surface area contributed by atoms with Crippen LogP contribution in [0.2, 0.25) is 0 Å². The number of methoxy groups -OCH3 is 1. The maximum atomic E-state index is 10.4. The van der Waals surface area contributed by atoms with Gasteiger partial charge in [0, 0.05) is 18.4 Å². The van der Waals surface area contributed by atoms with Gasteiger partial charge >= 0.3 is 5.97 Å². The molecule has 0 spiro atoms. The zero-order chi connectivity index (χ0) is 15.1. The third kappa shape index (κ3) is 4.30. The highest BCUT2D eigenvalue weighted by Crippen LogP contribution is 2.24. The van der Waals surface area contributed by atoms with Crippen molar-refractivity contribution in [1.82, 2.24) is 9.97 Å². The Bertz CT molecular complexity index is 616. The molecule has 2 rings (SSSR count). The van der Waals surface area contributed by atoms with Gasteiger partial charge in [-0.1, -0.05) is 6.42 Å². The van der Waals surface area contributed by atoms with E-state index in [0.717, 1.165) is 41.9 Å². The van der Waals surface area contributed by atoms with E-state index in [0.29, 0.717) is 6.42 Å². The Balaban J connectivity index is 1.93. The lowest BCUT2D eigenvalue weighted by Gasteiger charge is -2.09. The Kier molecular flexibility index (Phi) is 5.31. The Hall–Kier alpha value is -2.37. The first-order chi connectivity index (χ1) is 10.2. The maximum absolute atomic E-state index is 10.4. The van der Waals surface area contributed by atoms with E-state index in [1.807, 2.05) is 18.2 Å². The highest BCUT2D eigenvalue weighted by atomic mass is 16.5. The Morgan fingerprint density at radius 3 is 2.90 bits per heavy atom. The van der Waals surface area contributed by atoms with Crippen LogP contribution in [0, 0.1) is 0 Å². The molecular formula is C15H19N3O3. The summed E-state index contributed by atoms with van der Waals surface area (Å²) in [5.74, 6) is 0.802. The van der Waals surface area contributed by atoms with Crippen molar-refractivity contribution in [2.75, 3.05) is 19.0 Å². The smallest absolute Gasteiger partial charge is 0.303 e. The van der Waals surface area contributed by atoms with Gasteiger partial charge in [-0.15, -0.1) is 0 Å². The molecule has 0 aliphatic heterocycles. The van der Waals surface area contributed by atoms with Gasteiger partial charge in [0.15, 0.2) is 0 Å². The van der Waals surface area contributed by atoms with Crippen molar-refractivity contribution in [3.63, 3.8) is 0 Å². The molecule has 0 aliphatic carbocycles. The van der Waals surface area contributed by atoms with Gasteiger partial charge < -0.3 is 15.2 Å². The molecule has 1 aromatic carbocycles. The zero-order valence-electron chi connectivity index (χ0n) is 12.0. The average Bonchev–Trinajstić information content (AvgIpc) is 2.50. The number of anilines is 1. The van der Waals surface area contributed by atoms with E-state index in [2.05, 4.69) is 15.3 Å². The van der Waals surface area contributed by atoms with Gasteiger partial charge in [0.05, 0.1) is 12.6 Å². The second kappa shape index (κ2) is 7.42. The molecule has 0 aliphatic rings. The molecule has 0 amide bonds. The number of benzene rings is 1. The average molecular weight is 289 g/mol. The predicted octanol–water partition coefficient (Wildman–Crippen LogP) is 2.70. The van der Waals surface area contributed by atoms with Crippen molar-refractivity contribution < 1.29 is 14.6 Å². The minimum absolute atomic E-state index is 0.230. The summed E-state index contributed by atoms with van der Waals surface area (Å²) in [5, 5.41) is 12.8. The second-order valence-corrected chi connectivity index (χ2v) is 4.74. The normalized spacial score (nSPS) is 10.5. The van der Waals surface area contributed by atoms with Crippen LogP contribution in [0.3, 0.4) is 0 Å². The van der Waals surface area contributed by atoms with Crippen molar-refractivity contribution in [1.29, 1.82) is 0 Å². The van der Waals surface area contributed by atoms with Crippen molar-refractivity contribution in [3.05, 3.63) is 24.5 Å². The largest absolute Gasteiger partial charge is 0.497 e. The SMILES string of the molecule is COc1ccc2ncnc(NCCCCCC(=O)O)c2c1. The summed E-state index contributed by atoms with van der Waals surface area (Å²) in [7, 11) is 1.63. The molecular weight excluding hydrogens is 270 g/mol. The second-order valence-electron chi connectivity index (χ2n) is 4.74. The van der Waals surface area contributed by atoms with Crippen LogP contribution < -0.4 is 10.1 Å². The number of hydrogen-bond donors (Lipinski definition) is 2. The molecule has 0 fully saturated rings. The predicted molar refractivity (Wildman–Crippen MR) is 80.7 cm³/mol. The maximum Gasteiger partial charge on any atom is 0.303 e. The van der Waals surface area contributed by atoms with Gasteiger partial charge in [-0.2, -0.15) is 0 Å². The number of aliphatic carboxylic acids is 1. The molecule has 21 heavy (non-hydrogen) atoms. The fourth-order valence-corrected chi connectivity index (χ4v) is 2.09. The van der Waals surface area contributed by atoms with Crippen LogP contribution in [0.1, 0.15) is 25.7 Å². The lowest BCUT2D eigenvalue weighted by atomic mass is 10.2. The Morgan fingerprint density at radius 1 is 1.29 bits per heavy atom. The van der Waals surface area contributed by atoms with E-state index in [-0.39, 0.29) is 6.42 Å². The number of carbonyl (C=O) groups is 1. The first kappa shape index (κ1) is 15.0. The zero-order valence-corrected chi connectivity index (χ0v) is 12.0. The van der Waals surface area contributed by atoms with Crippen LogP contribution in [0.15, 0.2) is 24.5 Å². The molecule has 1 aromatic heterocycles. The molecule has 0 radical (unpaired) electrons. The molecule has 0 atom stereocenters. The summed E-state index contributed by atoms with van der Waals surface area (Å²) in [6.07, 6.45) is 4.25. The van der Waals surface area contributed by atoms with Gasteiger partial charge in [-0.25, -0.2) is 9.97 Å². The van der Waals surface area contributed by atoms with Crippen LogP contribution in [0.5, 0.6) is 5.75 Å². The molecule has 2 N–H and O–H groups in total. The fourth-order valence-electron chi connectivity index (χ4n) is 2.09. The summed E-state index contributed by atoms with van der Waals surface area (Å²) in [4.78, 5) is 18.9. The van der Waals surface area contributed by atoms with Crippen LogP contribution >= 0.6 is 0 Å². The van der Waals surface area contributed by atoms with Gasteiger partial charge in [-0.05, 0) is 31.0 Å². The quantitative estimate of drug-likeness (QED) is 0.727. The standard InChI is InChI=1S/C15H19N3O3/c1-21-11-6-7-13-12(9-11)15(18-10-17-13)16-8-4-2-3-5-14(19)20/h6-7,9-10H,2-5,8H2,1H3,(H,19,20)(H,16,17,18). The molecule has 112 valence electrons. The third-order valence-electron chi connectivity index (χ3n) is 3.20. The number of fused-ring (bicyclic) bond motifs is 1. The summed E-state index contributed by atoms with van der Waals surface area (Å²) < 4.78 is 5.22. The highest BCUT2D eigenvalue weighted by Gasteiger charge is 2.04. The van der Waals surface area contributed by atoms with Crippen LogP contribution in [0.25, 0.3) is 10.9 Å². The summed E-state index contributed by atoms with van der Waals surface area (Å²) in [6.45, 7) is 0.753. The van der Waals surface area contributed by atoms with E-state index in [9.17, 15) is 4.79 Å². The van der Waals surface area contributed by atoms with E-state index >= 15 is 0 Å². The number of unbranched alkanes of at least 4 members (excludes halogenated alkanes) is 2. The summed E-state index contributed by atoms with van der Waals surface area (Å²) in [6, 6.07) is 5.67. The number of rotatable bonds is 8. The number of nitrogens with one attached hydrogen (secondary N) is 1. The van der Waals surface area contributed by atoms with Crippen LogP contribution in [-0.2, 0) is 4.79 Å². The van der Waals surface area contributed by atoms with Crippen LogP contribution in [0.4, 0.5) is 5.82 Å². The van der Waals surface area contributed by atoms with E-state index < -0.39 is 5.97 Å². The number of hydrogen-bond acceptors (Lipinski definition) is 5. The monoisotopic (exact) mass is 289 g/mol. The molecule has 0 saturated carbocycles. The Morgan fingerprint density at radius 2 is 2.14 bits per heavy atom. The summed E-state index contributed by atoms with van der Waals surface area (Å²) in [5.41, 5.74) is 0.860. The topological polar surface area (TPSA) is 84.3 Å². The van der Waals surface area contributed by atoms with Gasteiger partial charge in [0.1, 0.15) is 17.9 Å². The lowest BCUT2D eigenvalue weighted by Crippen LogP contribution is -2.05. The minimum atomic E-state index is -0.739. The molecule has 6 heteroatoms. The molecule has 0 bridgehead atoms. The lowest BCUT2D eigenvalue weighted by molar-refractivity contribution is -0.137. The molecule has 6 nitrogen and oxygen atoms in total. The van der Waals surface area contributed by atoms with E-state index in [1.165, 1.54) is 6.33 Å². The third-order valence-corrected chi connectivity index (χ3v) is 3.20. The van der Waals surface area contributed by atoms with Gasteiger partial charge in [-0.3, -0.25) is 4.79 Å². The first-order valence-corrected chi connectivity index (χ1v) is 6.95. The van der Waals surface area contributed by atoms with Crippen LogP contribution in [-0.4, -0.2) is 34.7 Å². The number of ether oxygens (including phenoxy) is 1. The fraction of sp³-hybridized carbons (Fsp3) is 0.400. The van der Waals surface area contributed by atoms with E-state index in [1.54, 1.807) is 7.11 Å². The first-order valence-electron chi connectivity index (χ1n) is 6.95. The van der Waals surface area contributed by atoms with Gasteiger partial charge in [0.2, 0.25) is 0 Å². The number of nitrogens with zero attached hydrogens (tertiary/aromatic N) is 2. The van der Waals surface area contributed by atoms with Crippen molar-refractivity contribution in [3.8, 4) is 5.75 Å². The minimum Gasteiger partial charge on any atom is -0.497 e. The Labute approximate surface area is 123 Å². The van der Waals surface area contributed by atoms with E-state index in [4.69, 9.17) is 9.84 Å². The molecule has 0 saturated heterocycles. The molecule has 1 heterocycles. The van der Waals surface area contributed by atoms with Crippen molar-refractivity contribution >= 4 is 22.7 Å². The number of carboxylic acid groups (broad SMARTS) is 1. The molecule has 0 unspecified atom stereocenters. The van der Waals surface area contributed by atoms with Crippen molar-refractivity contribution in [2.24, 2.45) is 0 Å². The highest BCUT2D eigenvalue weighted by molar-refractivity contribution is 5.89. The van der Waals surface area contributed by atoms with Crippen molar-refractivity contribution in [2.45, 2.75) is 25.7 Å². The number of carboxylic acids is 1. The molecule has 2 aromatic rings. The number of aromatic nitrogens is 2. The van der Waals surface area contributed by atoms with Gasteiger partial charge in [0.25, 0.3) is 0 Å².